The lowest BCUT2D eigenvalue weighted by Gasteiger charge is -2.31. The molecule has 3 rings (SSSR count). The molecular formula is C23H39IN6O. The van der Waals surface area contributed by atoms with E-state index in [1.807, 2.05) is 7.05 Å². The van der Waals surface area contributed by atoms with Crippen LogP contribution in [0.5, 0.6) is 0 Å². The highest BCUT2D eigenvalue weighted by molar-refractivity contribution is 14.0. The minimum absolute atomic E-state index is 0. The van der Waals surface area contributed by atoms with E-state index in [-0.39, 0.29) is 35.8 Å². The maximum atomic E-state index is 11.5. The predicted octanol–water partition coefficient (Wildman–Crippen LogP) is 2.15. The highest BCUT2D eigenvalue weighted by Crippen LogP contribution is 2.19. The first-order chi connectivity index (χ1) is 14.6. The number of nitrogens with one attached hydrogen (secondary N) is 2. The van der Waals surface area contributed by atoms with Crippen molar-refractivity contribution >= 4 is 35.8 Å². The van der Waals surface area contributed by atoms with Gasteiger partial charge < -0.3 is 16.4 Å². The number of amides is 1. The molecule has 174 valence electrons. The molecular weight excluding hydrogens is 503 g/mol. The standard InChI is InChI=1S/C23H38N6O.HI/c1-3-29-12-6-10-21(29)15-27-23(25-2)26-14-18-7-4-8-19(13-18)16-28-11-5-9-20(17-28)22(24)30;/h4,7-8,13,20-21H,3,5-6,9-12,14-17H2,1-2H3,(H2,24,30)(H2,25,26,27);1H. The summed E-state index contributed by atoms with van der Waals surface area (Å²) >= 11 is 0. The molecule has 1 amide bonds. The fraction of sp³-hybridized carbons (Fsp3) is 0.652. The lowest BCUT2D eigenvalue weighted by molar-refractivity contribution is -0.123. The van der Waals surface area contributed by atoms with Crippen molar-refractivity contribution < 1.29 is 4.79 Å². The molecule has 0 aromatic heterocycles. The molecule has 4 N–H and O–H groups in total. The fourth-order valence-corrected chi connectivity index (χ4v) is 4.69. The highest BCUT2D eigenvalue weighted by Gasteiger charge is 2.24. The van der Waals surface area contributed by atoms with E-state index in [0.717, 1.165) is 58.1 Å². The summed E-state index contributed by atoms with van der Waals surface area (Å²) in [4.78, 5) is 20.8. The monoisotopic (exact) mass is 542 g/mol. The smallest absolute Gasteiger partial charge is 0.221 e. The van der Waals surface area contributed by atoms with E-state index in [2.05, 4.69) is 56.6 Å². The molecule has 2 aliphatic rings. The number of rotatable bonds is 8. The Hall–Kier alpha value is -1.39. The van der Waals surface area contributed by atoms with Crippen molar-refractivity contribution in [3.05, 3.63) is 35.4 Å². The van der Waals surface area contributed by atoms with Crippen molar-refractivity contribution in [2.45, 2.75) is 51.7 Å². The molecule has 0 saturated carbocycles. The highest BCUT2D eigenvalue weighted by atomic mass is 127. The summed E-state index contributed by atoms with van der Waals surface area (Å²) < 4.78 is 0. The molecule has 1 aromatic rings. The molecule has 2 unspecified atom stereocenters. The summed E-state index contributed by atoms with van der Waals surface area (Å²) in [6.45, 7) is 8.88. The Kier molecular flexibility index (Phi) is 11.0. The van der Waals surface area contributed by atoms with E-state index in [4.69, 9.17) is 5.73 Å². The molecule has 1 aromatic carbocycles. The van der Waals surface area contributed by atoms with E-state index in [1.54, 1.807) is 0 Å². The van der Waals surface area contributed by atoms with Crippen molar-refractivity contribution in [2.75, 3.05) is 39.8 Å². The van der Waals surface area contributed by atoms with Crippen molar-refractivity contribution in [2.24, 2.45) is 16.6 Å². The largest absolute Gasteiger partial charge is 0.369 e. The van der Waals surface area contributed by atoms with Gasteiger partial charge in [-0.1, -0.05) is 31.2 Å². The summed E-state index contributed by atoms with van der Waals surface area (Å²) in [7, 11) is 1.82. The molecule has 8 heteroatoms. The van der Waals surface area contributed by atoms with Crippen LogP contribution in [0.1, 0.15) is 43.7 Å². The Morgan fingerprint density at radius 1 is 1.19 bits per heavy atom. The van der Waals surface area contributed by atoms with Crippen LogP contribution >= 0.6 is 24.0 Å². The number of hydrogen-bond donors (Lipinski definition) is 3. The molecule has 31 heavy (non-hydrogen) atoms. The van der Waals surface area contributed by atoms with Gasteiger partial charge in [-0.2, -0.15) is 0 Å². The van der Waals surface area contributed by atoms with Crippen molar-refractivity contribution in [1.29, 1.82) is 0 Å². The maximum Gasteiger partial charge on any atom is 0.221 e. The quantitative estimate of drug-likeness (QED) is 0.267. The van der Waals surface area contributed by atoms with Crippen molar-refractivity contribution in [1.82, 2.24) is 20.4 Å². The van der Waals surface area contributed by atoms with Gasteiger partial charge in [0, 0.05) is 39.3 Å². The number of likely N-dealkylation sites (tertiary alicyclic amines) is 2. The number of piperidine rings is 1. The topological polar surface area (TPSA) is 86.0 Å². The molecule has 7 nitrogen and oxygen atoms in total. The number of guanidine groups is 1. The summed E-state index contributed by atoms with van der Waals surface area (Å²) in [5.74, 6) is 0.668. The first-order valence-corrected chi connectivity index (χ1v) is 11.4. The zero-order valence-corrected chi connectivity index (χ0v) is 21.3. The van der Waals surface area contributed by atoms with Crippen molar-refractivity contribution in [3.8, 4) is 0 Å². The number of hydrogen-bond acceptors (Lipinski definition) is 4. The van der Waals surface area contributed by atoms with Crippen LogP contribution in [0.3, 0.4) is 0 Å². The average molecular weight is 543 g/mol. The third-order valence-electron chi connectivity index (χ3n) is 6.40. The number of carbonyl (C=O) groups is 1. The average Bonchev–Trinajstić information content (AvgIpc) is 3.22. The SMILES string of the molecule is CCN1CCCC1CNC(=NC)NCc1cccc(CN2CCCC(C(N)=O)C2)c1.I. The van der Waals surface area contributed by atoms with Gasteiger partial charge >= 0.3 is 0 Å². The molecule has 2 heterocycles. The third-order valence-corrected chi connectivity index (χ3v) is 6.40. The van der Waals surface area contributed by atoms with E-state index in [0.29, 0.717) is 6.04 Å². The second-order valence-corrected chi connectivity index (χ2v) is 8.53. The molecule has 2 fully saturated rings. The maximum absolute atomic E-state index is 11.5. The van der Waals surface area contributed by atoms with Crippen LogP contribution in [0, 0.1) is 5.92 Å². The first-order valence-electron chi connectivity index (χ1n) is 11.4. The van der Waals surface area contributed by atoms with Gasteiger partial charge in [0.15, 0.2) is 5.96 Å². The molecule has 0 bridgehead atoms. The number of likely N-dealkylation sites (N-methyl/N-ethyl adjacent to an activating group) is 1. The summed E-state index contributed by atoms with van der Waals surface area (Å²) in [6.07, 6.45) is 4.50. The van der Waals surface area contributed by atoms with Gasteiger partial charge in [0.2, 0.25) is 5.91 Å². The van der Waals surface area contributed by atoms with Crippen LogP contribution in [0.25, 0.3) is 0 Å². The van der Waals surface area contributed by atoms with Crippen molar-refractivity contribution in [3.63, 3.8) is 0 Å². The van der Waals surface area contributed by atoms with E-state index >= 15 is 0 Å². The lowest BCUT2D eigenvalue weighted by atomic mass is 9.97. The number of primary amides is 1. The second kappa shape index (κ2) is 13.2. The van der Waals surface area contributed by atoms with Crippen LogP contribution in [-0.4, -0.2) is 67.5 Å². The molecule has 2 aliphatic heterocycles. The van der Waals surface area contributed by atoms with Crippen LogP contribution < -0.4 is 16.4 Å². The van der Waals surface area contributed by atoms with E-state index in [9.17, 15) is 4.79 Å². The molecule has 2 saturated heterocycles. The van der Waals surface area contributed by atoms with Crippen LogP contribution in [0.4, 0.5) is 0 Å². The van der Waals surface area contributed by atoms with Gasteiger partial charge in [0.25, 0.3) is 0 Å². The Balaban J connectivity index is 0.00000341. The van der Waals surface area contributed by atoms with E-state index in [1.165, 1.54) is 30.5 Å². The molecule has 2 atom stereocenters. The Morgan fingerprint density at radius 2 is 1.97 bits per heavy atom. The number of nitrogens with two attached hydrogens (primary N) is 1. The molecule has 0 spiro atoms. The van der Waals surface area contributed by atoms with Gasteiger partial charge in [-0.3, -0.25) is 19.6 Å². The van der Waals surface area contributed by atoms with Crippen LogP contribution in [0.15, 0.2) is 29.3 Å². The first kappa shape index (κ1) is 25.9. The van der Waals surface area contributed by atoms with Gasteiger partial charge in [-0.15, -0.1) is 24.0 Å². The predicted molar refractivity (Wildman–Crippen MR) is 138 cm³/mol. The van der Waals surface area contributed by atoms with Gasteiger partial charge in [0.05, 0.1) is 5.92 Å². The fourth-order valence-electron chi connectivity index (χ4n) is 4.69. The summed E-state index contributed by atoms with van der Waals surface area (Å²) in [5, 5.41) is 6.93. The molecule has 0 radical (unpaired) electrons. The molecule has 0 aliphatic carbocycles. The van der Waals surface area contributed by atoms with Gasteiger partial charge in [-0.05, 0) is 56.4 Å². The second-order valence-electron chi connectivity index (χ2n) is 8.53. The van der Waals surface area contributed by atoms with E-state index < -0.39 is 0 Å². The Morgan fingerprint density at radius 3 is 2.71 bits per heavy atom. The lowest BCUT2D eigenvalue weighted by Crippen LogP contribution is -2.44. The van der Waals surface area contributed by atoms with Gasteiger partial charge in [0.1, 0.15) is 0 Å². The number of halogens is 1. The number of benzene rings is 1. The summed E-state index contributed by atoms with van der Waals surface area (Å²) in [5.41, 5.74) is 8.02. The minimum atomic E-state index is -0.170. The Bertz CT molecular complexity index is 728. The van der Waals surface area contributed by atoms with Crippen LogP contribution in [0.2, 0.25) is 0 Å². The number of aliphatic imine (C=N–C) groups is 1. The Labute approximate surface area is 204 Å². The third kappa shape index (κ3) is 7.91. The van der Waals surface area contributed by atoms with Gasteiger partial charge in [-0.25, -0.2) is 0 Å². The zero-order valence-electron chi connectivity index (χ0n) is 19.0. The number of nitrogens with zero attached hydrogens (tertiary/aromatic N) is 3. The summed E-state index contributed by atoms with van der Waals surface area (Å²) in [6, 6.07) is 9.25. The normalized spacial score (nSPS) is 22.7. The minimum Gasteiger partial charge on any atom is -0.369 e. The number of carbonyl (C=O) groups excluding carboxylic acids is 1. The zero-order chi connectivity index (χ0) is 21.3. The van der Waals surface area contributed by atoms with Crippen LogP contribution in [-0.2, 0) is 17.9 Å².